The number of esters is 2. The summed E-state index contributed by atoms with van der Waals surface area (Å²) in [5.41, 5.74) is -2.88. The summed E-state index contributed by atoms with van der Waals surface area (Å²) in [4.78, 5) is 40.5. The van der Waals surface area contributed by atoms with Crippen molar-refractivity contribution >= 4 is 17.9 Å². The van der Waals surface area contributed by atoms with E-state index in [9.17, 15) is 65.8 Å². The van der Waals surface area contributed by atoms with Gasteiger partial charge in [0.25, 0.3) is 0 Å². The van der Waals surface area contributed by atoms with Gasteiger partial charge in [-0.1, -0.05) is 27.4 Å². The summed E-state index contributed by atoms with van der Waals surface area (Å²) >= 11 is 0. The Bertz CT molecular complexity index is 1990. The van der Waals surface area contributed by atoms with Crippen LogP contribution in [0.3, 0.4) is 0 Å². The number of rotatable bonds is 12. The number of carbonyl (C=O) groups is 3. The van der Waals surface area contributed by atoms with Crippen molar-refractivity contribution in [2.75, 3.05) is 19.8 Å². The number of carboxylic acid groups (broad SMARTS) is 1. The van der Waals surface area contributed by atoms with Crippen LogP contribution in [0.5, 0.6) is 0 Å². The highest BCUT2D eigenvalue weighted by atomic mass is 16.8. The molecule has 11 N–H and O–H groups in total. The first-order valence-electron chi connectivity index (χ1n) is 25.5. The number of hydrogen-bond acceptors (Lipinski definition) is 20. The Kier molecular flexibility index (Phi) is 15.4. The van der Waals surface area contributed by atoms with Gasteiger partial charge in [0.05, 0.1) is 31.3 Å². The third-order valence-electron chi connectivity index (χ3n) is 20.2. The minimum Gasteiger partial charge on any atom is -0.481 e. The van der Waals surface area contributed by atoms with E-state index in [1.165, 1.54) is 13.8 Å². The molecule has 26 unspecified atom stereocenters. The number of aliphatic hydroxyl groups is 10. The lowest BCUT2D eigenvalue weighted by Crippen LogP contribution is -2.68. The van der Waals surface area contributed by atoms with Crippen LogP contribution in [0.4, 0.5) is 0 Å². The smallest absolute Gasteiger partial charge is 0.314 e. The van der Waals surface area contributed by atoms with Crippen LogP contribution in [-0.4, -0.2) is 192 Å². The van der Waals surface area contributed by atoms with Gasteiger partial charge in [-0.05, 0) is 129 Å². The molecule has 0 bridgehead atoms. The maximum Gasteiger partial charge on any atom is 0.314 e. The minimum atomic E-state index is -1.91. The highest BCUT2D eigenvalue weighted by Crippen LogP contribution is 2.78. The molecule has 5 aliphatic carbocycles. The molecule has 3 aliphatic heterocycles. The quantitative estimate of drug-likeness (QED) is 0.0878. The highest BCUT2D eigenvalue weighted by molar-refractivity contribution is 5.79. The Hall–Kier alpha value is -2.45. The van der Waals surface area contributed by atoms with E-state index < -0.39 is 146 Å². The molecule has 0 amide bonds. The van der Waals surface area contributed by atoms with E-state index in [2.05, 4.69) is 27.4 Å². The first-order chi connectivity index (χ1) is 33.3. The second kappa shape index (κ2) is 19.9. The fourth-order valence-corrected chi connectivity index (χ4v) is 16.1. The molecule has 0 aromatic carbocycles. The van der Waals surface area contributed by atoms with Gasteiger partial charge in [-0.3, -0.25) is 14.4 Å². The number of aliphatic hydroxyl groups excluding tert-OH is 10. The Morgan fingerprint density at radius 1 is 0.648 bits per heavy atom. The summed E-state index contributed by atoms with van der Waals surface area (Å²) in [6.45, 7) is 13.8. The third-order valence-corrected chi connectivity index (χ3v) is 20.2. The third kappa shape index (κ3) is 8.62. The monoisotopic (exact) mass is 1010 g/mol. The molecule has 404 valence electrons. The van der Waals surface area contributed by atoms with Crippen molar-refractivity contribution in [3.63, 3.8) is 0 Å². The first-order valence-corrected chi connectivity index (χ1v) is 25.5. The molecule has 8 aliphatic rings. The first kappa shape index (κ1) is 54.8. The molecule has 0 aromatic rings. The topological polar surface area (TPSA) is 338 Å². The van der Waals surface area contributed by atoms with Crippen LogP contribution in [0.1, 0.15) is 106 Å². The summed E-state index contributed by atoms with van der Waals surface area (Å²) in [7, 11) is 0. The van der Waals surface area contributed by atoms with Gasteiger partial charge in [0.1, 0.15) is 78.7 Å². The molecule has 0 radical (unpaired) electrons. The van der Waals surface area contributed by atoms with E-state index >= 15 is 4.79 Å². The number of carbonyl (C=O) groups excluding carboxylic acids is 2. The molecule has 0 spiro atoms. The van der Waals surface area contributed by atoms with Crippen LogP contribution >= 0.6 is 0 Å². The van der Waals surface area contributed by atoms with Gasteiger partial charge in [0, 0.05) is 6.92 Å². The standard InChI is InChI=1S/C50H78O21/c1-21(18-51)24-10-15-50(17-16-47(5)25(31(24)50)8-9-28-46(4)13-12-30(67-23(3)53)49(7,44(62)63)29(46)11-14-48(28,47)6)45(64)71-43-38(60)35(57)33(55)27(69-43)20-65-41-39(61)36(58)40(26(19-52)68-41)70-42-37(59)34(56)32(54)22(2)66-42/h22,24-43,51-52,54-61H,1,8-20H2,2-7H3,(H,62,63). The van der Waals surface area contributed by atoms with Crippen LogP contribution in [0.25, 0.3) is 0 Å². The molecule has 8 rings (SSSR count). The molecule has 21 nitrogen and oxygen atoms in total. The zero-order valence-corrected chi connectivity index (χ0v) is 41.5. The normalized spacial score (nSPS) is 52.8. The van der Waals surface area contributed by atoms with Gasteiger partial charge in [0.15, 0.2) is 12.6 Å². The highest BCUT2D eigenvalue weighted by Gasteiger charge is 2.74. The Labute approximate surface area is 413 Å². The van der Waals surface area contributed by atoms with E-state index in [0.29, 0.717) is 63.4 Å². The number of hydrogen-bond donors (Lipinski definition) is 11. The van der Waals surface area contributed by atoms with Crippen LogP contribution in [0.2, 0.25) is 0 Å². The second-order valence-corrected chi connectivity index (χ2v) is 23.3. The molecular formula is C50H78O21. The fourth-order valence-electron chi connectivity index (χ4n) is 16.1. The molecular weight excluding hydrogens is 937 g/mol. The van der Waals surface area contributed by atoms with Crippen LogP contribution in [0.15, 0.2) is 12.2 Å². The second-order valence-electron chi connectivity index (χ2n) is 23.3. The number of aliphatic carboxylic acids is 1. The molecule has 21 heteroatoms. The molecule has 0 aromatic heterocycles. The zero-order chi connectivity index (χ0) is 52.1. The Morgan fingerprint density at radius 2 is 1.30 bits per heavy atom. The minimum absolute atomic E-state index is 0.0664. The van der Waals surface area contributed by atoms with Gasteiger partial charge in [0.2, 0.25) is 6.29 Å². The van der Waals surface area contributed by atoms with E-state index in [4.69, 9.17) is 33.2 Å². The number of carboxylic acids is 1. The van der Waals surface area contributed by atoms with Crippen molar-refractivity contribution in [2.45, 2.75) is 204 Å². The molecule has 71 heavy (non-hydrogen) atoms. The van der Waals surface area contributed by atoms with Crippen molar-refractivity contribution in [1.82, 2.24) is 0 Å². The van der Waals surface area contributed by atoms with Gasteiger partial charge in [-0.15, -0.1) is 0 Å². The van der Waals surface area contributed by atoms with Gasteiger partial charge in [-0.25, -0.2) is 0 Å². The van der Waals surface area contributed by atoms with E-state index in [1.807, 2.05) is 0 Å². The summed E-state index contributed by atoms with van der Waals surface area (Å²) in [6, 6.07) is 0. The van der Waals surface area contributed by atoms with Gasteiger partial charge in [-0.2, -0.15) is 0 Å². The zero-order valence-electron chi connectivity index (χ0n) is 41.5. The SMILES string of the molecule is C=C(CO)C1CCC2(C(=O)OC3OC(COC4OC(CO)C(OC5OC(C)C(O)C(O)C5O)C(O)C4O)C(O)C(O)C3O)CCC3(C)C(CCC4C5(C)CCC(OC(C)=O)C(C)(C(=O)O)C5CCC43C)C12. The fraction of sp³-hybridized carbons (Fsp3) is 0.900. The van der Waals surface area contributed by atoms with E-state index in [0.717, 1.165) is 6.42 Å². The predicted octanol–water partition coefficient (Wildman–Crippen LogP) is -0.368. The summed E-state index contributed by atoms with van der Waals surface area (Å²) in [5.74, 6) is -2.99. The van der Waals surface area contributed by atoms with Crippen LogP contribution < -0.4 is 0 Å². The Balaban J connectivity index is 0.982. The molecule has 3 heterocycles. The van der Waals surface area contributed by atoms with Crippen molar-refractivity contribution in [2.24, 2.45) is 56.7 Å². The summed E-state index contributed by atoms with van der Waals surface area (Å²) in [6.07, 6.45) is -19.8. The molecule has 3 saturated heterocycles. The molecule has 26 atom stereocenters. The van der Waals surface area contributed by atoms with Crippen LogP contribution in [0, 0.1) is 56.7 Å². The maximum atomic E-state index is 15.0. The number of fused-ring (bicyclic) bond motifs is 7. The van der Waals surface area contributed by atoms with Crippen LogP contribution in [-0.2, 0) is 47.5 Å². The van der Waals surface area contributed by atoms with Crippen molar-refractivity contribution in [3.05, 3.63) is 12.2 Å². The molecule has 8 fully saturated rings. The van der Waals surface area contributed by atoms with Gasteiger partial charge >= 0.3 is 17.9 Å². The lowest BCUT2D eigenvalue weighted by atomic mass is 9.32. The average Bonchev–Trinajstić information content (AvgIpc) is 3.73. The maximum absolute atomic E-state index is 15.0. The van der Waals surface area contributed by atoms with Crippen molar-refractivity contribution < 1.29 is 104 Å². The average molecular weight is 1020 g/mol. The van der Waals surface area contributed by atoms with E-state index in [1.54, 1.807) is 6.92 Å². The molecule has 5 saturated carbocycles. The summed E-state index contributed by atoms with van der Waals surface area (Å²) in [5, 5.41) is 118. The Morgan fingerprint density at radius 3 is 1.94 bits per heavy atom. The van der Waals surface area contributed by atoms with Crippen molar-refractivity contribution in [3.8, 4) is 0 Å². The lowest BCUT2D eigenvalue weighted by molar-refractivity contribution is -0.361. The number of ether oxygens (including phenoxy) is 7. The van der Waals surface area contributed by atoms with E-state index in [-0.39, 0.29) is 47.0 Å². The predicted molar refractivity (Wildman–Crippen MR) is 242 cm³/mol. The largest absolute Gasteiger partial charge is 0.481 e. The summed E-state index contributed by atoms with van der Waals surface area (Å²) < 4.78 is 40.3. The lowest BCUT2D eigenvalue weighted by Gasteiger charge is -2.72. The van der Waals surface area contributed by atoms with Crippen molar-refractivity contribution in [1.29, 1.82) is 0 Å². The van der Waals surface area contributed by atoms with Gasteiger partial charge < -0.3 is 89.3 Å².